The maximum Gasteiger partial charge on any atom is 0.238 e. The highest BCUT2D eigenvalue weighted by atomic mass is 32.2. The summed E-state index contributed by atoms with van der Waals surface area (Å²) < 4.78 is 0.679. The van der Waals surface area contributed by atoms with Crippen molar-refractivity contribution in [1.29, 1.82) is 0 Å². The van der Waals surface area contributed by atoms with Crippen molar-refractivity contribution in [2.75, 3.05) is 5.75 Å². The van der Waals surface area contributed by atoms with Crippen molar-refractivity contribution in [2.24, 2.45) is 0 Å². The Labute approximate surface area is 139 Å². The second-order valence-electron chi connectivity index (χ2n) is 5.02. The molecule has 1 aliphatic heterocycles. The molecule has 0 unspecified atom stereocenters. The van der Waals surface area contributed by atoms with Crippen molar-refractivity contribution in [2.45, 2.75) is 6.54 Å². The summed E-state index contributed by atoms with van der Waals surface area (Å²) in [4.78, 5) is 13.4. The Morgan fingerprint density at radius 2 is 1.64 bits per heavy atom. The molecule has 0 atom stereocenters. The van der Waals surface area contributed by atoms with E-state index in [1.165, 1.54) is 17.3 Å². The Kier molecular flexibility index (Phi) is 4.71. The molecule has 0 N–H and O–H groups in total. The Bertz CT molecular complexity index is 692. The van der Waals surface area contributed by atoms with Crippen LogP contribution in [0, 0.1) is 0 Å². The van der Waals surface area contributed by atoms with Crippen molar-refractivity contribution >= 4 is 46.4 Å². The molecule has 1 saturated heterocycles. The van der Waals surface area contributed by atoms with Gasteiger partial charge in [-0.1, -0.05) is 90.7 Å². The molecule has 3 rings (SSSR count). The molecule has 0 bridgehead atoms. The zero-order valence-electron chi connectivity index (χ0n) is 11.9. The zero-order valence-corrected chi connectivity index (χ0v) is 13.6. The van der Waals surface area contributed by atoms with E-state index in [2.05, 4.69) is 36.4 Å². The fourth-order valence-electron chi connectivity index (χ4n) is 2.21. The summed E-state index contributed by atoms with van der Waals surface area (Å²) in [5.41, 5.74) is 3.41. The van der Waals surface area contributed by atoms with E-state index in [1.807, 2.05) is 30.3 Å². The number of amides is 1. The van der Waals surface area contributed by atoms with E-state index in [0.29, 0.717) is 16.6 Å². The van der Waals surface area contributed by atoms with Gasteiger partial charge >= 0.3 is 0 Å². The smallest absolute Gasteiger partial charge is 0.238 e. The molecule has 1 aliphatic rings. The van der Waals surface area contributed by atoms with Crippen LogP contribution in [0.1, 0.15) is 16.7 Å². The average Bonchev–Trinajstić information content (AvgIpc) is 2.87. The summed E-state index contributed by atoms with van der Waals surface area (Å²) in [5, 5.41) is 0. The van der Waals surface area contributed by atoms with Gasteiger partial charge in [-0.3, -0.25) is 9.69 Å². The Hall–Kier alpha value is -1.91. The molecule has 2 nitrogen and oxygen atoms in total. The van der Waals surface area contributed by atoms with Gasteiger partial charge in [0.2, 0.25) is 5.91 Å². The minimum atomic E-state index is 0.100. The summed E-state index contributed by atoms with van der Waals surface area (Å²) in [6, 6.07) is 18.4. The molecule has 0 spiro atoms. The van der Waals surface area contributed by atoms with Crippen LogP contribution in [0.5, 0.6) is 0 Å². The lowest BCUT2D eigenvalue weighted by Gasteiger charge is -2.14. The summed E-state index contributed by atoms with van der Waals surface area (Å²) in [7, 11) is 0. The van der Waals surface area contributed by atoms with E-state index in [4.69, 9.17) is 12.2 Å². The van der Waals surface area contributed by atoms with E-state index in [9.17, 15) is 4.79 Å². The van der Waals surface area contributed by atoms with E-state index in [1.54, 1.807) is 4.90 Å². The molecule has 22 heavy (non-hydrogen) atoms. The van der Waals surface area contributed by atoms with Crippen LogP contribution < -0.4 is 0 Å². The third-order valence-corrected chi connectivity index (χ3v) is 4.86. The molecule has 2 aromatic rings. The lowest BCUT2D eigenvalue weighted by molar-refractivity contribution is -0.124. The molecule has 0 aliphatic carbocycles. The minimum absolute atomic E-state index is 0.100. The molecule has 0 aromatic heterocycles. The summed E-state index contributed by atoms with van der Waals surface area (Å²) in [6.07, 6.45) is 4.17. The van der Waals surface area contributed by atoms with Gasteiger partial charge in [0.15, 0.2) is 0 Å². The van der Waals surface area contributed by atoms with Crippen molar-refractivity contribution in [3.05, 3.63) is 71.3 Å². The van der Waals surface area contributed by atoms with Gasteiger partial charge in [0.1, 0.15) is 4.32 Å². The van der Waals surface area contributed by atoms with E-state index >= 15 is 0 Å². The van der Waals surface area contributed by atoms with Gasteiger partial charge in [0.25, 0.3) is 0 Å². The van der Waals surface area contributed by atoms with Crippen LogP contribution in [0.25, 0.3) is 12.2 Å². The average molecular weight is 325 g/mol. The lowest BCUT2D eigenvalue weighted by Crippen LogP contribution is -2.27. The molecule has 1 heterocycles. The topological polar surface area (TPSA) is 20.3 Å². The van der Waals surface area contributed by atoms with Crippen LogP contribution in [0.2, 0.25) is 0 Å². The quantitative estimate of drug-likeness (QED) is 0.620. The number of hydrogen-bond acceptors (Lipinski definition) is 3. The van der Waals surface area contributed by atoms with Gasteiger partial charge in [0, 0.05) is 0 Å². The van der Waals surface area contributed by atoms with Crippen LogP contribution >= 0.6 is 24.0 Å². The summed E-state index contributed by atoms with van der Waals surface area (Å²) >= 11 is 6.63. The molecule has 1 amide bonds. The maximum atomic E-state index is 11.7. The first-order valence-electron chi connectivity index (χ1n) is 7.01. The Morgan fingerprint density at radius 3 is 2.23 bits per heavy atom. The number of thioether (sulfide) groups is 1. The van der Waals surface area contributed by atoms with Crippen LogP contribution in [-0.2, 0) is 11.3 Å². The standard InChI is InChI=1S/C18H15NOS2/c20-17-13-22-18(21)19(17)12-16-10-8-15(9-11-16)7-6-14-4-2-1-3-5-14/h1-11H,12-13H2/b7-6+. The minimum Gasteiger partial charge on any atom is -0.293 e. The number of thiocarbonyl (C=S) groups is 1. The van der Waals surface area contributed by atoms with Crippen molar-refractivity contribution in [3.63, 3.8) is 0 Å². The van der Waals surface area contributed by atoms with Crippen LogP contribution in [-0.4, -0.2) is 20.9 Å². The van der Waals surface area contributed by atoms with Gasteiger partial charge in [-0.05, 0) is 16.7 Å². The number of rotatable bonds is 4. The van der Waals surface area contributed by atoms with Crippen LogP contribution in [0.15, 0.2) is 54.6 Å². The first-order chi connectivity index (χ1) is 10.7. The predicted octanol–water partition coefficient (Wildman–Crippen LogP) is 4.22. The third-order valence-electron chi connectivity index (χ3n) is 3.43. The number of carbonyl (C=O) groups is 1. The summed E-state index contributed by atoms with van der Waals surface area (Å²) in [6.45, 7) is 0.563. The van der Waals surface area contributed by atoms with Crippen LogP contribution in [0.4, 0.5) is 0 Å². The molecular weight excluding hydrogens is 310 g/mol. The molecule has 2 aromatic carbocycles. The second-order valence-corrected chi connectivity index (χ2v) is 6.63. The Morgan fingerprint density at radius 1 is 1.00 bits per heavy atom. The SMILES string of the molecule is O=C1CSC(=S)N1Cc1ccc(/C=C/c2ccccc2)cc1. The number of nitrogens with zero attached hydrogens (tertiary/aromatic N) is 1. The molecule has 4 heteroatoms. The van der Waals surface area contributed by atoms with Gasteiger partial charge in [-0.25, -0.2) is 0 Å². The Balaban J connectivity index is 1.67. The first kappa shape index (κ1) is 15.0. The molecule has 1 fully saturated rings. The largest absolute Gasteiger partial charge is 0.293 e. The maximum absolute atomic E-state index is 11.7. The predicted molar refractivity (Wildman–Crippen MR) is 97.4 cm³/mol. The van der Waals surface area contributed by atoms with Gasteiger partial charge in [0.05, 0.1) is 12.3 Å². The highest BCUT2D eigenvalue weighted by molar-refractivity contribution is 8.23. The highest BCUT2D eigenvalue weighted by Gasteiger charge is 2.26. The second kappa shape index (κ2) is 6.90. The van der Waals surface area contributed by atoms with Gasteiger partial charge < -0.3 is 0 Å². The van der Waals surface area contributed by atoms with Crippen molar-refractivity contribution in [1.82, 2.24) is 4.90 Å². The number of hydrogen-bond donors (Lipinski definition) is 0. The van der Waals surface area contributed by atoms with Gasteiger partial charge in [-0.2, -0.15) is 0 Å². The van der Waals surface area contributed by atoms with E-state index in [0.717, 1.165) is 11.1 Å². The fraction of sp³-hybridized carbons (Fsp3) is 0.111. The molecule has 0 saturated carbocycles. The first-order valence-corrected chi connectivity index (χ1v) is 8.41. The summed E-state index contributed by atoms with van der Waals surface area (Å²) in [5.74, 6) is 0.569. The monoisotopic (exact) mass is 325 g/mol. The van der Waals surface area contributed by atoms with Crippen LogP contribution in [0.3, 0.4) is 0 Å². The van der Waals surface area contributed by atoms with Crippen molar-refractivity contribution < 1.29 is 4.79 Å². The normalized spacial score (nSPS) is 15.0. The zero-order chi connectivity index (χ0) is 15.4. The molecule has 0 radical (unpaired) electrons. The fourth-order valence-corrected chi connectivity index (χ4v) is 3.28. The number of carbonyl (C=O) groups excluding carboxylic acids is 1. The lowest BCUT2D eigenvalue weighted by atomic mass is 10.1. The highest BCUT2D eigenvalue weighted by Crippen LogP contribution is 2.22. The van der Waals surface area contributed by atoms with E-state index in [-0.39, 0.29) is 5.91 Å². The van der Waals surface area contributed by atoms with Gasteiger partial charge in [-0.15, -0.1) is 0 Å². The number of benzene rings is 2. The molecular formula is C18H15NOS2. The van der Waals surface area contributed by atoms with Crippen molar-refractivity contribution in [3.8, 4) is 0 Å². The third kappa shape index (κ3) is 3.64. The van der Waals surface area contributed by atoms with E-state index < -0.39 is 0 Å². The molecule has 110 valence electrons.